The predicted molar refractivity (Wildman–Crippen MR) is 97.9 cm³/mol. The minimum Gasteiger partial charge on any atom is -0.338 e. The quantitative estimate of drug-likeness (QED) is 0.684. The standard InChI is InChI=1S/C16H18BrN5S/c17-11-4-5-13-12(10-11)14-15(18-13)19-16(21-20-14)23-9-8-22-6-2-1-3-7-22/h4-5,10H,1-3,6-9H2,(H,18,19,21). The molecule has 0 radical (unpaired) electrons. The third kappa shape index (κ3) is 3.36. The highest BCUT2D eigenvalue weighted by Crippen LogP contribution is 2.26. The van der Waals surface area contributed by atoms with Gasteiger partial charge in [-0.25, -0.2) is 4.98 Å². The van der Waals surface area contributed by atoms with Gasteiger partial charge in [-0.3, -0.25) is 0 Å². The lowest BCUT2D eigenvalue weighted by molar-refractivity contribution is 0.242. The summed E-state index contributed by atoms with van der Waals surface area (Å²) in [6.45, 7) is 3.57. The van der Waals surface area contributed by atoms with Crippen molar-refractivity contribution in [2.45, 2.75) is 24.4 Å². The van der Waals surface area contributed by atoms with Crippen LogP contribution in [0, 0.1) is 0 Å². The van der Waals surface area contributed by atoms with Crippen molar-refractivity contribution in [1.82, 2.24) is 25.1 Å². The molecule has 0 atom stereocenters. The van der Waals surface area contributed by atoms with Crippen molar-refractivity contribution in [3.8, 4) is 0 Å². The number of hydrogen-bond donors (Lipinski definition) is 1. The molecule has 1 N–H and O–H groups in total. The number of likely N-dealkylation sites (tertiary alicyclic amines) is 1. The topological polar surface area (TPSA) is 57.7 Å². The van der Waals surface area contributed by atoms with E-state index in [1.165, 1.54) is 32.4 Å². The third-order valence-electron chi connectivity index (χ3n) is 4.24. The average Bonchev–Trinajstić information content (AvgIpc) is 2.93. The smallest absolute Gasteiger partial charge is 0.211 e. The molecule has 1 fully saturated rings. The molecule has 120 valence electrons. The van der Waals surface area contributed by atoms with Gasteiger partial charge in [0.25, 0.3) is 0 Å². The maximum Gasteiger partial charge on any atom is 0.211 e. The van der Waals surface area contributed by atoms with E-state index in [1.54, 1.807) is 11.8 Å². The van der Waals surface area contributed by atoms with E-state index >= 15 is 0 Å². The molecule has 1 aliphatic rings. The van der Waals surface area contributed by atoms with Crippen LogP contribution >= 0.6 is 27.7 Å². The zero-order chi connectivity index (χ0) is 15.6. The minimum atomic E-state index is 0.750. The number of aromatic nitrogens is 4. The number of rotatable bonds is 4. The van der Waals surface area contributed by atoms with E-state index < -0.39 is 0 Å². The van der Waals surface area contributed by atoms with E-state index in [0.717, 1.165) is 44.0 Å². The van der Waals surface area contributed by atoms with Gasteiger partial charge in [-0.2, -0.15) is 0 Å². The molecule has 0 saturated carbocycles. The van der Waals surface area contributed by atoms with Gasteiger partial charge < -0.3 is 9.88 Å². The number of nitrogens with one attached hydrogen (secondary N) is 1. The molecule has 1 aromatic carbocycles. The van der Waals surface area contributed by atoms with Gasteiger partial charge in [-0.05, 0) is 44.1 Å². The molecular formula is C16H18BrN5S. The molecule has 0 amide bonds. The van der Waals surface area contributed by atoms with Gasteiger partial charge in [0, 0.05) is 27.7 Å². The van der Waals surface area contributed by atoms with Gasteiger partial charge in [-0.15, -0.1) is 10.2 Å². The Hall–Kier alpha value is -1.18. The number of benzene rings is 1. The van der Waals surface area contributed by atoms with Gasteiger partial charge in [0.05, 0.1) is 0 Å². The zero-order valence-corrected chi connectivity index (χ0v) is 15.2. The third-order valence-corrected chi connectivity index (χ3v) is 5.56. The first-order valence-corrected chi connectivity index (χ1v) is 9.74. The molecular weight excluding hydrogens is 374 g/mol. The van der Waals surface area contributed by atoms with Crippen LogP contribution in [-0.4, -0.2) is 50.5 Å². The highest BCUT2D eigenvalue weighted by molar-refractivity contribution is 9.10. The molecule has 0 bridgehead atoms. The lowest BCUT2D eigenvalue weighted by Crippen LogP contribution is -2.31. The second-order valence-electron chi connectivity index (χ2n) is 5.86. The first-order chi connectivity index (χ1) is 11.3. The second kappa shape index (κ2) is 6.75. The van der Waals surface area contributed by atoms with E-state index in [1.807, 2.05) is 18.2 Å². The summed E-state index contributed by atoms with van der Waals surface area (Å²) in [5.74, 6) is 1.01. The van der Waals surface area contributed by atoms with Crippen LogP contribution < -0.4 is 0 Å². The Bertz CT molecular complexity index is 828. The van der Waals surface area contributed by atoms with Crippen LogP contribution in [-0.2, 0) is 0 Å². The van der Waals surface area contributed by atoms with E-state index in [4.69, 9.17) is 0 Å². The molecule has 0 spiro atoms. The molecule has 0 unspecified atom stereocenters. The summed E-state index contributed by atoms with van der Waals surface area (Å²) < 4.78 is 1.03. The molecule has 3 heterocycles. The number of hydrogen-bond acceptors (Lipinski definition) is 5. The molecule has 4 rings (SSSR count). The Kier molecular flexibility index (Phi) is 4.50. The monoisotopic (exact) mass is 391 g/mol. The van der Waals surface area contributed by atoms with Gasteiger partial charge in [0.15, 0.2) is 5.65 Å². The van der Waals surface area contributed by atoms with Crippen LogP contribution in [0.2, 0.25) is 0 Å². The van der Waals surface area contributed by atoms with Crippen molar-refractivity contribution in [1.29, 1.82) is 0 Å². The number of halogens is 1. The van der Waals surface area contributed by atoms with Gasteiger partial charge in [0.2, 0.25) is 5.16 Å². The number of aromatic amines is 1. The van der Waals surface area contributed by atoms with Crippen molar-refractivity contribution in [2.24, 2.45) is 0 Å². The second-order valence-corrected chi connectivity index (χ2v) is 7.84. The van der Waals surface area contributed by atoms with Crippen molar-refractivity contribution < 1.29 is 0 Å². The zero-order valence-electron chi connectivity index (χ0n) is 12.8. The van der Waals surface area contributed by atoms with Gasteiger partial charge >= 0.3 is 0 Å². The summed E-state index contributed by atoms with van der Waals surface area (Å²) in [6, 6.07) is 6.10. The normalized spacial score (nSPS) is 16.4. The van der Waals surface area contributed by atoms with Crippen LogP contribution in [0.4, 0.5) is 0 Å². The van der Waals surface area contributed by atoms with E-state index in [9.17, 15) is 0 Å². The van der Waals surface area contributed by atoms with Crippen LogP contribution in [0.1, 0.15) is 19.3 Å². The van der Waals surface area contributed by atoms with Crippen molar-refractivity contribution in [3.05, 3.63) is 22.7 Å². The maximum absolute atomic E-state index is 4.62. The molecule has 3 aromatic rings. The summed E-state index contributed by atoms with van der Waals surface area (Å²) in [5.41, 5.74) is 2.69. The molecule has 1 saturated heterocycles. The fourth-order valence-corrected chi connectivity index (χ4v) is 4.19. The van der Waals surface area contributed by atoms with Crippen LogP contribution in [0.25, 0.3) is 22.1 Å². The first-order valence-electron chi connectivity index (χ1n) is 7.96. The Balaban J connectivity index is 1.49. The van der Waals surface area contributed by atoms with E-state index in [-0.39, 0.29) is 0 Å². The van der Waals surface area contributed by atoms with Crippen LogP contribution in [0.5, 0.6) is 0 Å². The maximum atomic E-state index is 4.62. The molecule has 1 aliphatic heterocycles. The largest absolute Gasteiger partial charge is 0.338 e. The van der Waals surface area contributed by atoms with E-state index in [0.29, 0.717) is 0 Å². The Morgan fingerprint density at radius 2 is 2.04 bits per heavy atom. The summed E-state index contributed by atoms with van der Waals surface area (Å²) in [7, 11) is 0. The van der Waals surface area contributed by atoms with Crippen molar-refractivity contribution in [3.63, 3.8) is 0 Å². The Labute approximate surface area is 147 Å². The fraction of sp³-hybridized carbons (Fsp3) is 0.438. The number of nitrogens with zero attached hydrogens (tertiary/aromatic N) is 4. The van der Waals surface area contributed by atoms with Crippen molar-refractivity contribution >= 4 is 49.8 Å². The number of thioether (sulfide) groups is 1. The summed E-state index contributed by atoms with van der Waals surface area (Å²) in [6.07, 6.45) is 4.04. The molecule has 23 heavy (non-hydrogen) atoms. The van der Waals surface area contributed by atoms with Crippen LogP contribution in [0.15, 0.2) is 27.8 Å². The number of piperidine rings is 1. The average molecular weight is 392 g/mol. The summed E-state index contributed by atoms with van der Waals surface area (Å²) in [5, 5.41) is 10.5. The van der Waals surface area contributed by atoms with Crippen LogP contribution in [0.3, 0.4) is 0 Å². The van der Waals surface area contributed by atoms with Gasteiger partial charge in [0.1, 0.15) is 5.52 Å². The Morgan fingerprint density at radius 3 is 2.91 bits per heavy atom. The molecule has 0 aliphatic carbocycles. The van der Waals surface area contributed by atoms with E-state index in [2.05, 4.69) is 41.0 Å². The highest BCUT2D eigenvalue weighted by Gasteiger charge is 2.12. The minimum absolute atomic E-state index is 0.750. The van der Waals surface area contributed by atoms with Crippen molar-refractivity contribution in [2.75, 3.05) is 25.4 Å². The lowest BCUT2D eigenvalue weighted by Gasteiger charge is -2.25. The molecule has 2 aromatic heterocycles. The molecule has 5 nitrogen and oxygen atoms in total. The Morgan fingerprint density at radius 1 is 1.17 bits per heavy atom. The SMILES string of the molecule is Brc1ccc2[nH]c3nc(SCCN4CCCCC4)nnc3c2c1. The predicted octanol–water partition coefficient (Wildman–Crippen LogP) is 3.85. The lowest BCUT2D eigenvalue weighted by atomic mass is 10.1. The van der Waals surface area contributed by atoms with Gasteiger partial charge in [-0.1, -0.05) is 34.1 Å². The summed E-state index contributed by atoms with van der Waals surface area (Å²) >= 11 is 5.18. The number of fused-ring (bicyclic) bond motifs is 3. The fourth-order valence-electron chi connectivity index (χ4n) is 3.04. The molecule has 7 heteroatoms. The first kappa shape index (κ1) is 15.4. The summed E-state index contributed by atoms with van der Waals surface area (Å²) in [4.78, 5) is 10.5. The highest BCUT2D eigenvalue weighted by atomic mass is 79.9. The number of H-pyrrole nitrogens is 1.